The maximum atomic E-state index is 12.6. The second kappa shape index (κ2) is 12.2. The molecule has 1 heterocycles. The van der Waals surface area contributed by atoms with Gasteiger partial charge in [0, 0.05) is 26.1 Å². The lowest BCUT2D eigenvalue weighted by Crippen LogP contribution is -2.44. The average molecular weight is 405 g/mol. The molecule has 0 saturated carbocycles. The van der Waals surface area contributed by atoms with Gasteiger partial charge < -0.3 is 19.7 Å². The summed E-state index contributed by atoms with van der Waals surface area (Å²) < 4.78 is 10.7. The number of carbonyl (C=O) groups is 1. The predicted molar refractivity (Wildman–Crippen MR) is 118 cm³/mol. The predicted octanol–water partition coefficient (Wildman–Crippen LogP) is 4.19. The van der Waals surface area contributed by atoms with Crippen molar-refractivity contribution in [2.24, 2.45) is 0 Å². The third-order valence-electron chi connectivity index (χ3n) is 5.92. The molecule has 1 fully saturated rings. The zero-order valence-electron chi connectivity index (χ0n) is 18.8. The number of nitrogens with one attached hydrogen (secondary N) is 1. The van der Waals surface area contributed by atoms with E-state index in [0.717, 1.165) is 57.5 Å². The van der Waals surface area contributed by atoms with E-state index in [1.807, 2.05) is 12.1 Å². The molecule has 1 saturated heterocycles. The lowest BCUT2D eigenvalue weighted by Gasteiger charge is -2.25. The molecule has 1 aliphatic heterocycles. The van der Waals surface area contributed by atoms with Crippen LogP contribution in [0.5, 0.6) is 5.75 Å². The van der Waals surface area contributed by atoms with Crippen LogP contribution in [0.2, 0.25) is 0 Å². The summed E-state index contributed by atoms with van der Waals surface area (Å²) >= 11 is 0. The summed E-state index contributed by atoms with van der Waals surface area (Å²) in [7, 11) is 3.44. The summed E-state index contributed by atoms with van der Waals surface area (Å²) in [4.78, 5) is 15.0. The molecule has 0 aromatic heterocycles. The first kappa shape index (κ1) is 23.7. The van der Waals surface area contributed by atoms with Crippen molar-refractivity contribution >= 4 is 5.91 Å². The number of rotatable bonds is 13. The van der Waals surface area contributed by atoms with Crippen molar-refractivity contribution in [3.8, 4) is 5.75 Å². The van der Waals surface area contributed by atoms with Gasteiger partial charge in [0.05, 0.1) is 12.7 Å². The van der Waals surface area contributed by atoms with Crippen molar-refractivity contribution in [2.45, 2.75) is 76.9 Å². The number of hydrogen-bond donors (Lipinski definition) is 1. The van der Waals surface area contributed by atoms with E-state index in [4.69, 9.17) is 9.47 Å². The lowest BCUT2D eigenvalue weighted by atomic mass is 10.00. The number of carbonyl (C=O) groups excluding carboxylic acids is 1. The van der Waals surface area contributed by atoms with E-state index < -0.39 is 0 Å². The van der Waals surface area contributed by atoms with Crippen molar-refractivity contribution < 1.29 is 14.3 Å². The van der Waals surface area contributed by atoms with Crippen LogP contribution in [0.1, 0.15) is 64.4 Å². The standard InChI is InChI=1S/C24H40N2O3/c1-24(2,29-4)15-7-5-6-10-23(27)25-21(19-26-16-8-9-17-26)18-20-11-13-22(28-3)14-12-20/h11-14,21H,5-10,15-19H2,1-4H3,(H,25,27)/t21-/m0/s1. The Hall–Kier alpha value is -1.59. The molecule has 29 heavy (non-hydrogen) atoms. The summed E-state index contributed by atoms with van der Waals surface area (Å²) in [6.07, 6.45) is 8.11. The first-order valence-corrected chi connectivity index (χ1v) is 11.1. The van der Waals surface area contributed by atoms with Crippen LogP contribution in [0.4, 0.5) is 0 Å². The van der Waals surface area contributed by atoms with Gasteiger partial charge in [-0.1, -0.05) is 25.0 Å². The average Bonchev–Trinajstić information content (AvgIpc) is 3.21. The smallest absolute Gasteiger partial charge is 0.220 e. The Morgan fingerprint density at radius 1 is 1.10 bits per heavy atom. The van der Waals surface area contributed by atoms with Crippen LogP contribution < -0.4 is 10.1 Å². The zero-order valence-corrected chi connectivity index (χ0v) is 18.8. The molecule has 5 nitrogen and oxygen atoms in total. The molecule has 1 aliphatic rings. The van der Waals surface area contributed by atoms with Crippen molar-refractivity contribution in [1.82, 2.24) is 10.2 Å². The Balaban J connectivity index is 1.79. The summed E-state index contributed by atoms with van der Waals surface area (Å²) in [6, 6.07) is 8.33. The molecule has 0 aliphatic carbocycles. The fraction of sp³-hybridized carbons (Fsp3) is 0.708. The van der Waals surface area contributed by atoms with Crippen molar-refractivity contribution in [2.75, 3.05) is 33.9 Å². The molecule has 0 radical (unpaired) electrons. The molecule has 5 heteroatoms. The van der Waals surface area contributed by atoms with E-state index >= 15 is 0 Å². The minimum atomic E-state index is -0.0680. The Morgan fingerprint density at radius 2 is 1.79 bits per heavy atom. The molecule has 1 aromatic rings. The van der Waals surface area contributed by atoms with E-state index in [-0.39, 0.29) is 17.6 Å². The third kappa shape index (κ3) is 9.18. The second-order valence-electron chi connectivity index (χ2n) is 8.85. The maximum Gasteiger partial charge on any atom is 0.220 e. The van der Waals surface area contributed by atoms with Crippen molar-refractivity contribution in [3.63, 3.8) is 0 Å². The zero-order chi connectivity index (χ0) is 21.1. The van der Waals surface area contributed by atoms with E-state index in [1.54, 1.807) is 14.2 Å². The van der Waals surface area contributed by atoms with Gasteiger partial charge >= 0.3 is 0 Å². The van der Waals surface area contributed by atoms with Gasteiger partial charge in [-0.15, -0.1) is 0 Å². The van der Waals surface area contributed by atoms with Crippen LogP contribution in [0, 0.1) is 0 Å². The molecule has 0 spiro atoms. The van der Waals surface area contributed by atoms with Crippen LogP contribution in [0.15, 0.2) is 24.3 Å². The Kier molecular flexibility index (Phi) is 9.95. The summed E-state index contributed by atoms with van der Waals surface area (Å²) in [5.74, 6) is 1.04. The fourth-order valence-corrected chi connectivity index (χ4v) is 3.90. The van der Waals surface area contributed by atoms with Gasteiger partial charge in [-0.2, -0.15) is 0 Å². The number of likely N-dealkylation sites (tertiary alicyclic amines) is 1. The van der Waals surface area contributed by atoms with Crippen molar-refractivity contribution in [3.05, 3.63) is 29.8 Å². The van der Waals surface area contributed by atoms with Crippen LogP contribution in [0.25, 0.3) is 0 Å². The minimum absolute atomic E-state index is 0.0680. The quantitative estimate of drug-likeness (QED) is 0.501. The van der Waals surface area contributed by atoms with Gasteiger partial charge in [-0.05, 0) is 76.7 Å². The Morgan fingerprint density at radius 3 is 2.41 bits per heavy atom. The first-order chi connectivity index (χ1) is 13.9. The topological polar surface area (TPSA) is 50.8 Å². The SMILES string of the molecule is COc1ccc(C[C@@H](CN2CCCC2)NC(=O)CCCCCC(C)(C)OC)cc1. The number of ether oxygens (including phenoxy) is 2. The van der Waals surface area contributed by atoms with Gasteiger partial charge in [0.15, 0.2) is 0 Å². The highest BCUT2D eigenvalue weighted by molar-refractivity contribution is 5.76. The molecular formula is C24H40N2O3. The van der Waals surface area contributed by atoms with Crippen LogP contribution in [0.3, 0.4) is 0 Å². The van der Waals surface area contributed by atoms with E-state index in [1.165, 1.54) is 18.4 Å². The van der Waals surface area contributed by atoms with Gasteiger partial charge in [-0.3, -0.25) is 4.79 Å². The number of amides is 1. The minimum Gasteiger partial charge on any atom is -0.497 e. The summed E-state index contributed by atoms with van der Waals surface area (Å²) in [5, 5.41) is 3.30. The molecular weight excluding hydrogens is 364 g/mol. The number of nitrogens with zero attached hydrogens (tertiary/aromatic N) is 1. The lowest BCUT2D eigenvalue weighted by molar-refractivity contribution is -0.122. The molecule has 1 aromatic carbocycles. The normalized spacial score (nSPS) is 16.0. The van der Waals surface area contributed by atoms with Gasteiger partial charge in [-0.25, -0.2) is 0 Å². The van der Waals surface area contributed by atoms with Gasteiger partial charge in [0.2, 0.25) is 5.91 Å². The van der Waals surface area contributed by atoms with Gasteiger partial charge in [0.1, 0.15) is 5.75 Å². The number of hydrogen-bond acceptors (Lipinski definition) is 4. The Bertz CT molecular complexity index is 595. The number of benzene rings is 1. The van der Waals surface area contributed by atoms with Crippen LogP contribution >= 0.6 is 0 Å². The van der Waals surface area contributed by atoms with E-state index in [0.29, 0.717) is 6.42 Å². The van der Waals surface area contributed by atoms with Crippen molar-refractivity contribution in [1.29, 1.82) is 0 Å². The van der Waals surface area contributed by atoms with Crippen LogP contribution in [-0.2, 0) is 16.0 Å². The molecule has 1 amide bonds. The van der Waals surface area contributed by atoms with Gasteiger partial charge in [0.25, 0.3) is 0 Å². The highest BCUT2D eigenvalue weighted by Gasteiger charge is 2.20. The molecule has 164 valence electrons. The molecule has 1 atom stereocenters. The summed E-state index contributed by atoms with van der Waals surface area (Å²) in [5.41, 5.74) is 1.17. The van der Waals surface area contributed by atoms with E-state index in [2.05, 4.69) is 36.2 Å². The van der Waals surface area contributed by atoms with E-state index in [9.17, 15) is 4.79 Å². The molecule has 0 unspecified atom stereocenters. The van der Waals surface area contributed by atoms with Crippen LogP contribution in [-0.4, -0.2) is 56.3 Å². The number of methoxy groups -OCH3 is 2. The largest absolute Gasteiger partial charge is 0.497 e. The second-order valence-corrected chi connectivity index (χ2v) is 8.85. The number of unbranched alkanes of at least 4 members (excludes halogenated alkanes) is 2. The maximum absolute atomic E-state index is 12.6. The third-order valence-corrected chi connectivity index (χ3v) is 5.92. The highest BCUT2D eigenvalue weighted by Crippen LogP contribution is 2.18. The molecule has 2 rings (SSSR count). The monoisotopic (exact) mass is 404 g/mol. The highest BCUT2D eigenvalue weighted by atomic mass is 16.5. The molecule has 0 bridgehead atoms. The fourth-order valence-electron chi connectivity index (χ4n) is 3.90. The summed E-state index contributed by atoms with van der Waals surface area (Å²) in [6.45, 7) is 7.44. The molecule has 1 N–H and O–H groups in total. The Labute approximate surface area is 177 Å². The first-order valence-electron chi connectivity index (χ1n) is 11.1.